The van der Waals surface area contributed by atoms with Gasteiger partial charge in [-0.3, -0.25) is 0 Å². The molecule has 84 valence electrons. The van der Waals surface area contributed by atoms with Crippen molar-refractivity contribution in [2.75, 3.05) is 6.26 Å². The van der Waals surface area contributed by atoms with Crippen LogP contribution in [0.15, 0.2) is 29.2 Å². The van der Waals surface area contributed by atoms with Crippen LogP contribution in [0.3, 0.4) is 0 Å². The maximum Gasteiger partial charge on any atom is 0.175 e. The smallest absolute Gasteiger partial charge is 0.175 e. The lowest BCUT2D eigenvalue weighted by molar-refractivity contribution is 0.602. The molecule has 0 saturated heterocycles. The van der Waals surface area contributed by atoms with Crippen LogP contribution in [0.2, 0.25) is 0 Å². The van der Waals surface area contributed by atoms with E-state index in [1.165, 1.54) is 6.26 Å². The Hall–Kier alpha value is -0.540. The van der Waals surface area contributed by atoms with Gasteiger partial charge >= 0.3 is 0 Å². The largest absolute Gasteiger partial charge is 0.224 e. The van der Waals surface area contributed by atoms with Gasteiger partial charge in [-0.2, -0.15) is 0 Å². The number of hydrogen-bond acceptors (Lipinski definition) is 2. The highest BCUT2D eigenvalue weighted by Gasteiger charge is 2.07. The quantitative estimate of drug-likeness (QED) is 0.766. The highest BCUT2D eigenvalue weighted by molar-refractivity contribution is 7.90. The number of rotatable bonds is 4. The van der Waals surface area contributed by atoms with Crippen molar-refractivity contribution in [1.29, 1.82) is 0 Å². The lowest BCUT2D eigenvalue weighted by Gasteiger charge is -2.06. The molecule has 1 aromatic carbocycles. The van der Waals surface area contributed by atoms with E-state index in [1.807, 2.05) is 19.1 Å². The molecule has 1 atom stereocenters. The molecule has 0 bridgehead atoms. The van der Waals surface area contributed by atoms with E-state index in [0.29, 0.717) is 4.90 Å². The summed E-state index contributed by atoms with van der Waals surface area (Å²) in [4.78, 5) is 0.355. The van der Waals surface area contributed by atoms with E-state index in [1.54, 1.807) is 12.1 Å². The molecule has 2 nitrogen and oxygen atoms in total. The molecule has 15 heavy (non-hydrogen) atoms. The molecule has 0 amide bonds. The van der Waals surface area contributed by atoms with Gasteiger partial charge in [0.25, 0.3) is 0 Å². The Morgan fingerprint density at radius 3 is 2.20 bits per heavy atom. The summed E-state index contributed by atoms with van der Waals surface area (Å²) < 4.78 is 22.4. The highest BCUT2D eigenvalue weighted by atomic mass is 35.5. The van der Waals surface area contributed by atoms with Crippen molar-refractivity contribution in [2.45, 2.75) is 30.0 Å². The van der Waals surface area contributed by atoms with Crippen LogP contribution in [0.4, 0.5) is 0 Å². The first-order chi connectivity index (χ1) is 6.93. The Balaban J connectivity index is 2.82. The van der Waals surface area contributed by atoms with Crippen molar-refractivity contribution in [2.24, 2.45) is 0 Å². The summed E-state index contributed by atoms with van der Waals surface area (Å²) >= 11 is 6.01. The Morgan fingerprint density at radius 1 is 1.27 bits per heavy atom. The van der Waals surface area contributed by atoms with Gasteiger partial charge in [0.2, 0.25) is 0 Å². The molecule has 1 unspecified atom stereocenters. The molecule has 0 saturated carbocycles. The summed E-state index contributed by atoms with van der Waals surface area (Å²) in [5, 5.41) is 0.120. The maximum atomic E-state index is 11.2. The van der Waals surface area contributed by atoms with Gasteiger partial charge in [-0.15, -0.1) is 11.6 Å². The second-order valence-corrected chi connectivity index (χ2v) is 6.26. The van der Waals surface area contributed by atoms with Crippen LogP contribution in [0.5, 0.6) is 0 Å². The van der Waals surface area contributed by atoms with Crippen LogP contribution in [0.25, 0.3) is 0 Å². The van der Waals surface area contributed by atoms with Gasteiger partial charge in [0.05, 0.1) is 4.90 Å². The number of benzene rings is 1. The summed E-state index contributed by atoms with van der Waals surface area (Å²) in [6, 6.07) is 6.90. The minimum Gasteiger partial charge on any atom is -0.224 e. The van der Waals surface area contributed by atoms with Crippen LogP contribution in [-0.4, -0.2) is 20.1 Å². The first-order valence-electron chi connectivity index (χ1n) is 4.86. The zero-order valence-corrected chi connectivity index (χ0v) is 10.5. The predicted molar refractivity (Wildman–Crippen MR) is 63.2 cm³/mol. The Kier molecular flexibility index (Phi) is 4.17. The Bertz CT molecular complexity index is 409. The first kappa shape index (κ1) is 12.5. The lowest BCUT2D eigenvalue weighted by Crippen LogP contribution is -2.02. The minimum absolute atomic E-state index is 0.120. The molecule has 0 aliphatic carbocycles. The minimum atomic E-state index is -3.09. The monoisotopic (exact) mass is 246 g/mol. The van der Waals surface area contributed by atoms with Crippen LogP contribution in [0, 0.1) is 0 Å². The van der Waals surface area contributed by atoms with Gasteiger partial charge in [-0.05, 0) is 30.5 Å². The van der Waals surface area contributed by atoms with Gasteiger partial charge in [0, 0.05) is 11.6 Å². The molecule has 0 radical (unpaired) electrons. The molecular weight excluding hydrogens is 232 g/mol. The summed E-state index contributed by atoms with van der Waals surface area (Å²) in [7, 11) is -3.09. The van der Waals surface area contributed by atoms with Gasteiger partial charge in [0.1, 0.15) is 0 Å². The van der Waals surface area contributed by atoms with Gasteiger partial charge in [-0.1, -0.05) is 19.1 Å². The first-order valence-corrected chi connectivity index (χ1v) is 7.19. The second-order valence-electron chi connectivity index (χ2n) is 3.63. The second kappa shape index (κ2) is 4.99. The molecular formula is C11H15ClO2S. The molecule has 0 aliphatic heterocycles. The third-order valence-electron chi connectivity index (χ3n) is 2.25. The zero-order chi connectivity index (χ0) is 11.5. The topological polar surface area (TPSA) is 34.1 Å². The molecule has 0 aromatic heterocycles. The van der Waals surface area contributed by atoms with Crippen molar-refractivity contribution in [3.63, 3.8) is 0 Å². The van der Waals surface area contributed by atoms with E-state index in [9.17, 15) is 8.42 Å². The summed E-state index contributed by atoms with van der Waals surface area (Å²) in [5.41, 5.74) is 1.07. The third-order valence-corrected chi connectivity index (χ3v) is 3.84. The van der Waals surface area contributed by atoms with E-state index in [0.717, 1.165) is 18.4 Å². The predicted octanol–water partition coefficient (Wildman–Crippen LogP) is 2.65. The summed E-state index contributed by atoms with van der Waals surface area (Å²) in [5.74, 6) is 0. The number of alkyl halides is 1. The van der Waals surface area contributed by atoms with Gasteiger partial charge in [-0.25, -0.2) is 8.42 Å². The van der Waals surface area contributed by atoms with Crippen LogP contribution >= 0.6 is 11.6 Å². The standard InChI is InChI=1S/C11H15ClO2S/c1-3-10(12)8-9-4-6-11(7-5-9)15(2,13)14/h4-7,10H,3,8H2,1-2H3. The fraction of sp³-hybridized carbons (Fsp3) is 0.455. The van der Waals surface area contributed by atoms with E-state index in [2.05, 4.69) is 0 Å². The van der Waals surface area contributed by atoms with E-state index < -0.39 is 9.84 Å². The molecule has 0 aliphatic rings. The zero-order valence-electron chi connectivity index (χ0n) is 8.90. The molecule has 1 aromatic rings. The Labute approximate surface area is 96.2 Å². The van der Waals surface area contributed by atoms with Crippen molar-refractivity contribution in [3.05, 3.63) is 29.8 Å². The van der Waals surface area contributed by atoms with Crippen molar-refractivity contribution in [3.8, 4) is 0 Å². The SMILES string of the molecule is CCC(Cl)Cc1ccc(S(C)(=O)=O)cc1. The number of hydrogen-bond donors (Lipinski definition) is 0. The van der Waals surface area contributed by atoms with Gasteiger partial charge in [0.15, 0.2) is 9.84 Å². The van der Waals surface area contributed by atoms with Crippen molar-refractivity contribution in [1.82, 2.24) is 0 Å². The normalized spacial score (nSPS) is 13.8. The molecule has 0 spiro atoms. The average Bonchev–Trinajstić information content (AvgIpc) is 2.17. The van der Waals surface area contributed by atoms with Crippen LogP contribution in [0.1, 0.15) is 18.9 Å². The van der Waals surface area contributed by atoms with Gasteiger partial charge < -0.3 is 0 Å². The molecule has 0 fully saturated rings. The third kappa shape index (κ3) is 3.84. The highest BCUT2D eigenvalue weighted by Crippen LogP contribution is 2.14. The lowest BCUT2D eigenvalue weighted by atomic mass is 10.1. The van der Waals surface area contributed by atoms with Crippen LogP contribution < -0.4 is 0 Å². The average molecular weight is 247 g/mol. The fourth-order valence-electron chi connectivity index (χ4n) is 1.27. The van der Waals surface area contributed by atoms with Crippen LogP contribution in [-0.2, 0) is 16.3 Å². The van der Waals surface area contributed by atoms with Crippen molar-refractivity contribution >= 4 is 21.4 Å². The van der Waals surface area contributed by atoms with E-state index >= 15 is 0 Å². The molecule has 0 N–H and O–H groups in total. The molecule has 0 heterocycles. The summed E-state index contributed by atoms with van der Waals surface area (Å²) in [6.45, 7) is 2.03. The van der Waals surface area contributed by atoms with Crippen molar-refractivity contribution < 1.29 is 8.42 Å². The maximum absolute atomic E-state index is 11.2. The van der Waals surface area contributed by atoms with E-state index in [-0.39, 0.29) is 5.38 Å². The summed E-state index contributed by atoms with van der Waals surface area (Å²) in [6.07, 6.45) is 2.90. The number of sulfone groups is 1. The van der Waals surface area contributed by atoms with E-state index in [4.69, 9.17) is 11.6 Å². The molecule has 1 rings (SSSR count). The Morgan fingerprint density at radius 2 is 1.80 bits per heavy atom. The number of halogens is 1. The molecule has 4 heteroatoms. The fourth-order valence-corrected chi connectivity index (χ4v) is 2.08.